The molecule has 3 aromatic carbocycles. The Hall–Kier alpha value is -3.92. The minimum Gasteiger partial charge on any atom is -0.343 e. The van der Waals surface area contributed by atoms with Gasteiger partial charge in [0.05, 0.1) is 33.1 Å². The van der Waals surface area contributed by atoms with Crippen LogP contribution in [0.25, 0.3) is 65.4 Å². The quantitative estimate of drug-likeness (QED) is 0.182. The first-order valence-corrected chi connectivity index (χ1v) is 11.8. The molecule has 4 heteroatoms. The molecule has 0 aliphatic heterocycles. The smallest absolute Gasteiger partial charge is 0.0826 e. The molecule has 7 aromatic rings. The van der Waals surface area contributed by atoms with Crippen LogP contribution < -0.4 is 0 Å². The third kappa shape index (κ3) is 2.23. The molecule has 0 saturated heterocycles. The molecule has 4 aromatic heterocycles. The Kier molecular flexibility index (Phi) is 3.65. The van der Waals surface area contributed by atoms with Crippen molar-refractivity contribution in [1.82, 2.24) is 19.1 Å². The molecule has 0 aliphatic rings. The zero-order valence-corrected chi connectivity index (χ0v) is 20.4. The summed E-state index contributed by atoms with van der Waals surface area (Å²) in [5.41, 5.74) is 11.6. The fraction of sp³-hybridized carbons (Fsp3) is 0.200. The van der Waals surface area contributed by atoms with E-state index in [-0.39, 0.29) is 0 Å². The van der Waals surface area contributed by atoms with E-state index in [0.717, 1.165) is 22.4 Å². The molecule has 0 N–H and O–H groups in total. The summed E-state index contributed by atoms with van der Waals surface area (Å²) in [5.74, 6) is 0. The molecule has 0 aliphatic carbocycles. The lowest BCUT2D eigenvalue weighted by Crippen LogP contribution is -2.04. The van der Waals surface area contributed by atoms with Crippen LogP contribution in [0.1, 0.15) is 22.5 Å². The molecular formula is C30H26N4. The number of nitrogens with zero attached hydrogens (tertiary/aromatic N) is 4. The molecular weight excluding hydrogens is 416 g/mol. The third-order valence-electron chi connectivity index (χ3n) is 8.08. The molecule has 0 spiro atoms. The molecule has 4 heterocycles. The van der Waals surface area contributed by atoms with Gasteiger partial charge in [-0.25, -0.2) is 0 Å². The molecule has 0 amide bonds. The molecule has 0 fully saturated rings. The topological polar surface area (TPSA) is 35.6 Å². The van der Waals surface area contributed by atoms with Crippen LogP contribution in [-0.4, -0.2) is 19.1 Å². The van der Waals surface area contributed by atoms with Crippen molar-refractivity contribution in [2.75, 3.05) is 0 Å². The van der Waals surface area contributed by atoms with Crippen LogP contribution in [0.4, 0.5) is 0 Å². The van der Waals surface area contributed by atoms with Crippen molar-refractivity contribution in [2.24, 2.45) is 14.1 Å². The second-order valence-corrected chi connectivity index (χ2v) is 9.75. The Morgan fingerprint density at radius 3 is 1.35 bits per heavy atom. The predicted molar refractivity (Wildman–Crippen MR) is 144 cm³/mol. The van der Waals surface area contributed by atoms with E-state index < -0.39 is 0 Å². The molecule has 34 heavy (non-hydrogen) atoms. The van der Waals surface area contributed by atoms with Gasteiger partial charge in [0.1, 0.15) is 0 Å². The van der Waals surface area contributed by atoms with Gasteiger partial charge < -0.3 is 9.13 Å². The standard InChI is InChI=1S/C30H26N4/c1-15-17(3)31-29-21-13-26-22(14-25(21)33(5)23-11-7-9-19(15)27(23)29)30-28-20(16(2)18(4)32-30)10-8-12-24(28)34(26)6/h7-14H,1-6H3. The maximum absolute atomic E-state index is 5.13. The van der Waals surface area contributed by atoms with Crippen LogP contribution >= 0.6 is 0 Å². The average Bonchev–Trinajstić information content (AvgIpc) is 2.85. The largest absolute Gasteiger partial charge is 0.343 e. The highest BCUT2D eigenvalue weighted by molar-refractivity contribution is 6.24. The van der Waals surface area contributed by atoms with Gasteiger partial charge in [-0.05, 0) is 73.9 Å². The highest BCUT2D eigenvalue weighted by atomic mass is 15.0. The lowest BCUT2D eigenvalue weighted by Gasteiger charge is -2.20. The Labute approximate surface area is 197 Å². The summed E-state index contributed by atoms with van der Waals surface area (Å²) in [6.07, 6.45) is 0. The lowest BCUT2D eigenvalue weighted by atomic mass is 9.96. The van der Waals surface area contributed by atoms with Gasteiger partial charge >= 0.3 is 0 Å². The van der Waals surface area contributed by atoms with Gasteiger partial charge in [0.25, 0.3) is 0 Å². The summed E-state index contributed by atoms with van der Waals surface area (Å²) in [4.78, 5) is 10.3. The number of fused-ring (bicyclic) bond motifs is 4. The van der Waals surface area contributed by atoms with Crippen molar-refractivity contribution >= 4 is 65.4 Å². The summed E-state index contributed by atoms with van der Waals surface area (Å²) in [6.45, 7) is 8.59. The second-order valence-electron chi connectivity index (χ2n) is 9.75. The van der Waals surface area contributed by atoms with E-state index in [1.807, 2.05) is 0 Å². The number of benzene rings is 3. The van der Waals surface area contributed by atoms with E-state index >= 15 is 0 Å². The number of aryl methyl sites for hydroxylation is 6. The Morgan fingerprint density at radius 1 is 0.529 bits per heavy atom. The van der Waals surface area contributed by atoms with Gasteiger partial charge in [0.2, 0.25) is 0 Å². The van der Waals surface area contributed by atoms with Gasteiger partial charge in [-0.1, -0.05) is 24.3 Å². The fourth-order valence-corrected chi connectivity index (χ4v) is 5.93. The van der Waals surface area contributed by atoms with E-state index in [0.29, 0.717) is 0 Å². The monoisotopic (exact) mass is 442 g/mol. The molecule has 166 valence electrons. The Balaban J connectivity index is 1.81. The predicted octanol–water partition coefficient (Wildman–Crippen LogP) is 7.31. The van der Waals surface area contributed by atoms with Crippen LogP contribution in [0.2, 0.25) is 0 Å². The molecule has 0 radical (unpaired) electrons. The van der Waals surface area contributed by atoms with Crippen molar-refractivity contribution in [3.05, 3.63) is 71.0 Å². The van der Waals surface area contributed by atoms with Gasteiger partial charge in [-0.3, -0.25) is 9.97 Å². The van der Waals surface area contributed by atoms with Gasteiger partial charge in [0.15, 0.2) is 0 Å². The van der Waals surface area contributed by atoms with E-state index in [1.165, 1.54) is 65.5 Å². The molecule has 0 unspecified atom stereocenters. The number of aromatic nitrogens is 4. The maximum atomic E-state index is 5.13. The highest BCUT2D eigenvalue weighted by Crippen LogP contribution is 2.39. The van der Waals surface area contributed by atoms with Crippen LogP contribution in [0.5, 0.6) is 0 Å². The summed E-state index contributed by atoms with van der Waals surface area (Å²) in [6, 6.07) is 17.8. The van der Waals surface area contributed by atoms with E-state index in [9.17, 15) is 0 Å². The summed E-state index contributed by atoms with van der Waals surface area (Å²) in [5, 5.41) is 7.41. The Bertz CT molecular complexity index is 1870. The molecule has 4 nitrogen and oxygen atoms in total. The van der Waals surface area contributed by atoms with Crippen molar-refractivity contribution in [3.8, 4) is 0 Å². The summed E-state index contributed by atoms with van der Waals surface area (Å²) in [7, 11) is 4.34. The van der Waals surface area contributed by atoms with Crippen molar-refractivity contribution in [3.63, 3.8) is 0 Å². The average molecular weight is 443 g/mol. The SMILES string of the molecule is Cc1nc2c3cc4c(cc3n(C)c3cccc(c1C)c23)c1nc(C)c(C)c2cccc(c21)n4C. The van der Waals surface area contributed by atoms with E-state index in [1.54, 1.807) is 0 Å². The van der Waals surface area contributed by atoms with E-state index in [2.05, 4.69) is 99.5 Å². The highest BCUT2D eigenvalue weighted by Gasteiger charge is 2.19. The number of pyridine rings is 4. The first-order chi connectivity index (χ1) is 16.4. The normalized spacial score (nSPS) is 12.4. The number of hydrogen-bond acceptors (Lipinski definition) is 2. The van der Waals surface area contributed by atoms with E-state index in [4.69, 9.17) is 9.97 Å². The van der Waals surface area contributed by atoms with Gasteiger partial charge in [-0.15, -0.1) is 0 Å². The number of hydrogen-bond donors (Lipinski definition) is 0. The first kappa shape index (κ1) is 19.5. The molecule has 0 atom stereocenters. The second kappa shape index (κ2) is 6.35. The Morgan fingerprint density at radius 2 is 0.941 bits per heavy atom. The van der Waals surface area contributed by atoms with Crippen molar-refractivity contribution < 1.29 is 0 Å². The first-order valence-electron chi connectivity index (χ1n) is 11.8. The summed E-state index contributed by atoms with van der Waals surface area (Å²) >= 11 is 0. The summed E-state index contributed by atoms with van der Waals surface area (Å²) < 4.78 is 4.64. The van der Waals surface area contributed by atoms with Crippen LogP contribution in [0.15, 0.2) is 48.5 Å². The van der Waals surface area contributed by atoms with Crippen LogP contribution in [-0.2, 0) is 14.1 Å². The zero-order chi connectivity index (χ0) is 23.5. The minimum absolute atomic E-state index is 1.08. The number of rotatable bonds is 0. The van der Waals surface area contributed by atoms with Gasteiger partial charge in [0, 0.05) is 47.0 Å². The lowest BCUT2D eigenvalue weighted by molar-refractivity contribution is 0.996. The maximum Gasteiger partial charge on any atom is 0.0826 e. The van der Waals surface area contributed by atoms with Crippen molar-refractivity contribution in [2.45, 2.75) is 27.7 Å². The molecule has 0 saturated carbocycles. The molecule has 0 bridgehead atoms. The van der Waals surface area contributed by atoms with Crippen molar-refractivity contribution in [1.29, 1.82) is 0 Å². The molecule has 7 rings (SSSR count). The zero-order valence-electron chi connectivity index (χ0n) is 20.4. The van der Waals surface area contributed by atoms with Gasteiger partial charge in [-0.2, -0.15) is 0 Å². The van der Waals surface area contributed by atoms with Crippen LogP contribution in [0.3, 0.4) is 0 Å². The van der Waals surface area contributed by atoms with Crippen LogP contribution in [0, 0.1) is 27.7 Å². The third-order valence-corrected chi connectivity index (χ3v) is 8.08. The fourth-order valence-electron chi connectivity index (χ4n) is 5.93. The minimum atomic E-state index is 1.08.